The van der Waals surface area contributed by atoms with Crippen molar-refractivity contribution in [1.82, 2.24) is 30.2 Å². The van der Waals surface area contributed by atoms with E-state index in [2.05, 4.69) is 30.2 Å². The molecule has 2 saturated heterocycles. The Kier molecular flexibility index (Phi) is 11.6. The second-order valence-corrected chi connectivity index (χ2v) is 9.88. The summed E-state index contributed by atoms with van der Waals surface area (Å²) in [6.45, 7) is 5.35. The van der Waals surface area contributed by atoms with Gasteiger partial charge in [0.15, 0.2) is 23.3 Å². The summed E-state index contributed by atoms with van der Waals surface area (Å²) in [7, 11) is 1.65. The maximum atomic E-state index is 13.1. The van der Waals surface area contributed by atoms with E-state index in [1.807, 2.05) is 24.3 Å². The van der Waals surface area contributed by atoms with Crippen molar-refractivity contribution < 1.29 is 27.7 Å². The summed E-state index contributed by atoms with van der Waals surface area (Å²) in [5, 5.41) is 3.22. The number of likely N-dealkylation sites (tertiary alicyclic amines) is 1. The first-order valence-electron chi connectivity index (χ1n) is 14.0. The van der Waals surface area contributed by atoms with E-state index in [4.69, 9.17) is 30.4 Å². The molecule has 0 atom stereocenters. The number of nitrogens with one attached hydrogen (secondary N) is 1. The maximum absolute atomic E-state index is 13.1. The van der Waals surface area contributed by atoms with Gasteiger partial charge in [-0.05, 0) is 69.5 Å². The summed E-state index contributed by atoms with van der Waals surface area (Å²) < 4.78 is 47.9. The van der Waals surface area contributed by atoms with E-state index < -0.39 is 11.6 Å². The number of piperidine rings is 2. The molecule has 12 nitrogen and oxygen atoms in total. The van der Waals surface area contributed by atoms with Crippen molar-refractivity contribution >= 4 is 11.6 Å². The summed E-state index contributed by atoms with van der Waals surface area (Å²) in [5.74, 6) is 0.0626. The normalized spacial score (nSPS) is 16.3. The number of nitrogen functional groups attached to an aromatic ring is 2. The van der Waals surface area contributed by atoms with Crippen molar-refractivity contribution in [3.8, 4) is 23.5 Å². The van der Waals surface area contributed by atoms with Crippen LogP contribution < -0.4 is 35.7 Å². The summed E-state index contributed by atoms with van der Waals surface area (Å²) in [4.78, 5) is 17.5. The van der Waals surface area contributed by atoms with Gasteiger partial charge in [0.2, 0.25) is 0 Å². The van der Waals surface area contributed by atoms with Crippen molar-refractivity contribution in [3.05, 3.63) is 48.3 Å². The third kappa shape index (κ3) is 9.80. The third-order valence-corrected chi connectivity index (χ3v) is 6.81. The van der Waals surface area contributed by atoms with Gasteiger partial charge in [0, 0.05) is 19.6 Å². The predicted molar refractivity (Wildman–Crippen MR) is 153 cm³/mol. The second kappa shape index (κ2) is 15.8. The van der Waals surface area contributed by atoms with Crippen molar-refractivity contribution in [2.24, 2.45) is 0 Å². The summed E-state index contributed by atoms with van der Waals surface area (Å²) in [6.07, 6.45) is 6.70. The largest absolute Gasteiger partial charge is 0.497 e. The van der Waals surface area contributed by atoms with E-state index in [1.54, 1.807) is 7.11 Å². The molecular formula is C28H38F2N8O4. The van der Waals surface area contributed by atoms with Gasteiger partial charge in [-0.25, -0.2) is 18.7 Å². The predicted octanol–water partition coefficient (Wildman–Crippen LogP) is 2.85. The number of nitrogens with two attached hydrogens (primary N) is 2. The maximum Gasteiger partial charge on any atom is 0.318 e. The number of halogens is 2. The number of hydrogen-bond donors (Lipinski definition) is 3. The summed E-state index contributed by atoms with van der Waals surface area (Å²) in [6, 6.07) is 7.88. The minimum atomic E-state index is -0.631. The molecule has 42 heavy (non-hydrogen) atoms. The molecule has 0 bridgehead atoms. The van der Waals surface area contributed by atoms with Crippen LogP contribution in [0.2, 0.25) is 0 Å². The minimum Gasteiger partial charge on any atom is -0.497 e. The van der Waals surface area contributed by atoms with Crippen LogP contribution in [0, 0.1) is 11.6 Å². The highest BCUT2D eigenvalue weighted by Crippen LogP contribution is 2.19. The van der Waals surface area contributed by atoms with E-state index in [0.29, 0.717) is 6.61 Å². The second-order valence-electron chi connectivity index (χ2n) is 9.88. The molecule has 3 aromatic rings. The Bertz CT molecular complexity index is 1240. The molecule has 1 aromatic carbocycles. The number of hydrogen-bond acceptors (Lipinski definition) is 12. The fourth-order valence-electron chi connectivity index (χ4n) is 4.45. The fourth-order valence-corrected chi connectivity index (χ4v) is 4.45. The van der Waals surface area contributed by atoms with Crippen LogP contribution in [0.15, 0.2) is 36.7 Å². The van der Waals surface area contributed by atoms with Crippen LogP contribution in [0.5, 0.6) is 23.5 Å². The van der Waals surface area contributed by atoms with Crippen LogP contribution in [-0.4, -0.2) is 83.5 Å². The van der Waals surface area contributed by atoms with Crippen LogP contribution in [0.1, 0.15) is 32.1 Å². The third-order valence-electron chi connectivity index (χ3n) is 6.81. The Hall–Kier alpha value is -4.04. The first-order valence-corrected chi connectivity index (χ1v) is 14.0. The average molecular weight is 589 g/mol. The lowest BCUT2D eigenvalue weighted by Gasteiger charge is -2.31. The highest BCUT2D eigenvalue weighted by Gasteiger charge is 2.21. The Balaban J connectivity index is 0.000000227. The van der Waals surface area contributed by atoms with Crippen molar-refractivity contribution in [2.75, 3.05) is 57.9 Å². The zero-order valence-corrected chi connectivity index (χ0v) is 23.7. The van der Waals surface area contributed by atoms with Crippen LogP contribution in [-0.2, 0) is 0 Å². The number of ether oxygens (including phenoxy) is 4. The zero-order valence-electron chi connectivity index (χ0n) is 23.7. The molecule has 2 aliphatic rings. The lowest BCUT2D eigenvalue weighted by Crippen LogP contribution is -2.39. The van der Waals surface area contributed by atoms with Gasteiger partial charge in [-0.2, -0.15) is 9.97 Å². The highest BCUT2D eigenvalue weighted by atomic mass is 19.1. The average Bonchev–Trinajstić information content (AvgIpc) is 3.01. The molecule has 0 spiro atoms. The van der Waals surface area contributed by atoms with Gasteiger partial charge < -0.3 is 40.6 Å². The molecule has 5 rings (SSSR count). The quantitative estimate of drug-likeness (QED) is 0.298. The lowest BCUT2D eigenvalue weighted by atomic mass is 10.1. The van der Waals surface area contributed by atoms with Gasteiger partial charge >= 0.3 is 12.0 Å². The molecule has 2 aliphatic heterocycles. The van der Waals surface area contributed by atoms with Crippen LogP contribution in [0.25, 0.3) is 0 Å². The molecule has 2 aromatic heterocycles. The molecule has 0 aliphatic carbocycles. The standard InChI is InChI=1S/C19H25FN4O3.C9H13FN4O/c1-25-14-3-5-15(6-4-14)26-12-2-9-24-10-7-16(8-11-24)27-19-22-13-17(20)18(21)23-19;10-7-5-13-9(14-8(7)11)15-6-1-3-12-4-2-6/h3-6,13,16H,2,7-12H2,1H3,(H2,21,22,23);5-6,12H,1-4H2,(H2,11,13,14). The first-order chi connectivity index (χ1) is 20.4. The van der Waals surface area contributed by atoms with Gasteiger partial charge in [0.1, 0.15) is 23.7 Å². The molecule has 14 heteroatoms. The SMILES string of the molecule is COc1ccc(OCCCN2CCC(Oc3ncc(F)c(N)n3)CC2)cc1.Nc1nc(OC2CCNCC2)ncc1F. The molecule has 0 unspecified atom stereocenters. The molecular weight excluding hydrogens is 550 g/mol. The Labute approximate surface area is 243 Å². The van der Waals surface area contributed by atoms with Gasteiger partial charge in [-0.3, -0.25) is 0 Å². The molecule has 0 amide bonds. The van der Waals surface area contributed by atoms with Gasteiger partial charge in [-0.15, -0.1) is 0 Å². The van der Waals surface area contributed by atoms with E-state index in [0.717, 1.165) is 88.7 Å². The van der Waals surface area contributed by atoms with Crippen molar-refractivity contribution in [3.63, 3.8) is 0 Å². The van der Waals surface area contributed by atoms with Crippen LogP contribution >= 0.6 is 0 Å². The molecule has 4 heterocycles. The number of nitrogens with zero attached hydrogens (tertiary/aromatic N) is 5. The Morgan fingerprint density at radius 1 is 0.833 bits per heavy atom. The number of rotatable bonds is 10. The van der Waals surface area contributed by atoms with E-state index in [9.17, 15) is 8.78 Å². The summed E-state index contributed by atoms with van der Waals surface area (Å²) >= 11 is 0. The number of anilines is 2. The van der Waals surface area contributed by atoms with Gasteiger partial charge in [0.25, 0.3) is 0 Å². The zero-order chi connectivity index (χ0) is 29.7. The molecule has 2 fully saturated rings. The van der Waals surface area contributed by atoms with E-state index in [-0.39, 0.29) is 35.9 Å². The van der Waals surface area contributed by atoms with E-state index >= 15 is 0 Å². The van der Waals surface area contributed by atoms with Gasteiger partial charge in [-0.1, -0.05) is 0 Å². The first kappa shape index (κ1) is 30.9. The van der Waals surface area contributed by atoms with Crippen molar-refractivity contribution in [1.29, 1.82) is 0 Å². The van der Waals surface area contributed by atoms with E-state index in [1.165, 1.54) is 0 Å². The lowest BCUT2D eigenvalue weighted by molar-refractivity contribution is 0.0897. The van der Waals surface area contributed by atoms with Crippen LogP contribution in [0.3, 0.4) is 0 Å². The van der Waals surface area contributed by atoms with Gasteiger partial charge in [0.05, 0.1) is 26.1 Å². The van der Waals surface area contributed by atoms with Crippen molar-refractivity contribution in [2.45, 2.75) is 44.3 Å². The minimum absolute atomic E-state index is 0.0293. The number of aromatic nitrogens is 4. The topological polar surface area (TPSA) is 156 Å². The molecule has 0 radical (unpaired) electrons. The Morgan fingerprint density at radius 3 is 1.88 bits per heavy atom. The number of benzene rings is 1. The molecule has 0 saturated carbocycles. The smallest absolute Gasteiger partial charge is 0.318 e. The summed E-state index contributed by atoms with van der Waals surface area (Å²) in [5.41, 5.74) is 10.7. The van der Waals surface area contributed by atoms with Crippen LogP contribution in [0.4, 0.5) is 20.4 Å². The Morgan fingerprint density at radius 2 is 1.36 bits per heavy atom. The highest BCUT2D eigenvalue weighted by molar-refractivity contribution is 5.31. The monoisotopic (exact) mass is 588 g/mol. The fraction of sp³-hybridized carbons (Fsp3) is 0.500. The molecule has 5 N–H and O–H groups in total. The number of methoxy groups -OCH3 is 1. The molecule has 228 valence electrons.